The molecule has 0 saturated heterocycles. The number of hydrogen-bond donors (Lipinski definition) is 0. The van der Waals surface area contributed by atoms with Gasteiger partial charge >= 0.3 is 0 Å². The van der Waals surface area contributed by atoms with E-state index < -0.39 is 0 Å². The third-order valence-corrected chi connectivity index (χ3v) is 12.0. The molecular formula is C55H36N4O. The van der Waals surface area contributed by atoms with Crippen LogP contribution >= 0.6 is 0 Å². The van der Waals surface area contributed by atoms with Crippen LogP contribution in [0, 0.1) is 0 Å². The van der Waals surface area contributed by atoms with Gasteiger partial charge in [-0.15, -0.1) is 0 Å². The fourth-order valence-electron chi connectivity index (χ4n) is 9.29. The summed E-state index contributed by atoms with van der Waals surface area (Å²) in [5.41, 5.74) is 13.0. The molecule has 3 aromatic heterocycles. The topological polar surface area (TPSA) is 44.9 Å². The van der Waals surface area contributed by atoms with Crippen molar-refractivity contribution in [3.8, 4) is 28.6 Å². The number of ether oxygens (including phenoxy) is 1. The summed E-state index contributed by atoms with van der Waals surface area (Å²) in [4.78, 5) is 10.9. The molecule has 0 radical (unpaired) electrons. The van der Waals surface area contributed by atoms with E-state index in [1.807, 2.05) is 30.3 Å². The molecule has 0 atom stereocenters. The smallest absolute Gasteiger partial charge is 0.235 e. The van der Waals surface area contributed by atoms with E-state index in [-0.39, 0.29) is 0 Å². The Balaban J connectivity index is 1.23. The van der Waals surface area contributed by atoms with Crippen LogP contribution in [-0.4, -0.2) is 19.1 Å². The zero-order valence-electron chi connectivity index (χ0n) is 32.6. The lowest BCUT2D eigenvalue weighted by atomic mass is 9.94. The Morgan fingerprint density at radius 3 is 2.08 bits per heavy atom. The van der Waals surface area contributed by atoms with Crippen molar-refractivity contribution in [3.63, 3.8) is 0 Å². The van der Waals surface area contributed by atoms with Gasteiger partial charge in [0, 0.05) is 49.5 Å². The average molecular weight is 769 g/mol. The lowest BCUT2D eigenvalue weighted by Gasteiger charge is -2.17. The van der Waals surface area contributed by atoms with Crippen LogP contribution in [0.2, 0.25) is 0 Å². The van der Waals surface area contributed by atoms with Gasteiger partial charge in [0.05, 0.1) is 33.5 Å². The minimum atomic E-state index is 0.320. The Morgan fingerprint density at radius 2 is 1.22 bits per heavy atom. The summed E-state index contributed by atoms with van der Waals surface area (Å²) in [5, 5.41) is 6.79. The molecule has 1 aliphatic heterocycles. The molecule has 60 heavy (non-hydrogen) atoms. The SMILES string of the molecule is C=C1/C=C(/c2ccc3c4ccccc4n(-c4ccccc4)c3c2)c2c(c3c4ccccc4ccc3n2-c2nc(-c3ccccc3)c3ccccc3n2)COc2ccccc21. The summed E-state index contributed by atoms with van der Waals surface area (Å²) in [6, 6.07) is 66.1. The molecule has 282 valence electrons. The Bertz CT molecular complexity index is 3560. The minimum absolute atomic E-state index is 0.320. The number of benzene rings is 8. The van der Waals surface area contributed by atoms with Gasteiger partial charge < -0.3 is 9.30 Å². The van der Waals surface area contributed by atoms with Crippen molar-refractivity contribution in [2.75, 3.05) is 0 Å². The number of nitrogens with zero attached hydrogens (tertiary/aromatic N) is 4. The molecule has 0 spiro atoms. The largest absolute Gasteiger partial charge is 0.488 e. The van der Waals surface area contributed by atoms with E-state index >= 15 is 0 Å². The zero-order chi connectivity index (χ0) is 39.7. The van der Waals surface area contributed by atoms with Crippen LogP contribution in [0.4, 0.5) is 0 Å². The monoisotopic (exact) mass is 768 g/mol. The summed E-state index contributed by atoms with van der Waals surface area (Å²) in [6.07, 6.45) is 2.24. The molecule has 11 aromatic rings. The first-order valence-corrected chi connectivity index (χ1v) is 20.3. The molecule has 8 aromatic carbocycles. The molecule has 1 aliphatic rings. The maximum atomic E-state index is 6.89. The molecule has 0 amide bonds. The first-order valence-electron chi connectivity index (χ1n) is 20.3. The van der Waals surface area contributed by atoms with Crippen LogP contribution < -0.4 is 4.74 Å². The average Bonchev–Trinajstić information content (AvgIpc) is 3.84. The van der Waals surface area contributed by atoms with E-state index in [4.69, 9.17) is 21.3 Å². The van der Waals surface area contributed by atoms with Crippen LogP contribution in [0.5, 0.6) is 5.75 Å². The number of allylic oxidation sites excluding steroid dienone is 2. The van der Waals surface area contributed by atoms with Gasteiger partial charge in [-0.3, -0.25) is 4.57 Å². The molecule has 5 nitrogen and oxygen atoms in total. The summed E-state index contributed by atoms with van der Waals surface area (Å²) >= 11 is 0. The van der Waals surface area contributed by atoms with Crippen molar-refractivity contribution in [3.05, 3.63) is 223 Å². The summed E-state index contributed by atoms with van der Waals surface area (Å²) in [5.74, 6) is 1.38. The second kappa shape index (κ2) is 13.5. The van der Waals surface area contributed by atoms with Gasteiger partial charge in [-0.05, 0) is 70.4 Å². The van der Waals surface area contributed by atoms with Crippen molar-refractivity contribution in [2.45, 2.75) is 6.61 Å². The summed E-state index contributed by atoms with van der Waals surface area (Å²) in [7, 11) is 0. The van der Waals surface area contributed by atoms with Crippen molar-refractivity contribution < 1.29 is 4.74 Å². The molecule has 5 heteroatoms. The molecule has 0 aliphatic carbocycles. The fourth-order valence-corrected chi connectivity index (χ4v) is 9.29. The maximum absolute atomic E-state index is 6.89. The second-order valence-electron chi connectivity index (χ2n) is 15.4. The summed E-state index contributed by atoms with van der Waals surface area (Å²) < 4.78 is 11.5. The Morgan fingerprint density at radius 1 is 0.517 bits per heavy atom. The normalized spacial score (nSPS) is 13.7. The lowest BCUT2D eigenvalue weighted by Crippen LogP contribution is -2.09. The van der Waals surface area contributed by atoms with Gasteiger partial charge in [-0.1, -0.05) is 152 Å². The van der Waals surface area contributed by atoms with E-state index in [9.17, 15) is 0 Å². The maximum Gasteiger partial charge on any atom is 0.235 e. The highest BCUT2D eigenvalue weighted by Gasteiger charge is 2.29. The second-order valence-corrected chi connectivity index (χ2v) is 15.4. The van der Waals surface area contributed by atoms with E-state index in [2.05, 4.69) is 173 Å². The predicted molar refractivity (Wildman–Crippen MR) is 247 cm³/mol. The van der Waals surface area contributed by atoms with Crippen LogP contribution in [0.15, 0.2) is 201 Å². The van der Waals surface area contributed by atoms with Gasteiger partial charge in [0.1, 0.15) is 12.4 Å². The Kier molecular flexibility index (Phi) is 7.69. The van der Waals surface area contributed by atoms with E-state index in [0.717, 1.165) is 99.8 Å². The van der Waals surface area contributed by atoms with Crippen molar-refractivity contribution in [2.24, 2.45) is 0 Å². The van der Waals surface area contributed by atoms with Crippen LogP contribution in [0.1, 0.15) is 22.4 Å². The minimum Gasteiger partial charge on any atom is -0.488 e. The molecule has 12 rings (SSSR count). The fraction of sp³-hybridized carbons (Fsp3) is 0.0182. The molecule has 0 fully saturated rings. The first-order chi connectivity index (χ1) is 29.7. The molecule has 4 heterocycles. The predicted octanol–water partition coefficient (Wildman–Crippen LogP) is 13.5. The molecule has 0 N–H and O–H groups in total. The zero-order valence-corrected chi connectivity index (χ0v) is 32.6. The van der Waals surface area contributed by atoms with Gasteiger partial charge in [0.15, 0.2) is 0 Å². The molecule has 0 bridgehead atoms. The van der Waals surface area contributed by atoms with Crippen LogP contribution in [-0.2, 0) is 6.61 Å². The van der Waals surface area contributed by atoms with E-state index in [0.29, 0.717) is 12.6 Å². The van der Waals surface area contributed by atoms with Crippen molar-refractivity contribution in [1.29, 1.82) is 0 Å². The number of aromatic nitrogens is 4. The van der Waals surface area contributed by atoms with Crippen LogP contribution in [0.25, 0.3) is 88.4 Å². The Hall–Kier alpha value is -8.02. The molecule has 0 saturated carbocycles. The van der Waals surface area contributed by atoms with Crippen LogP contribution in [0.3, 0.4) is 0 Å². The van der Waals surface area contributed by atoms with Gasteiger partial charge in [-0.2, -0.15) is 0 Å². The number of rotatable bonds is 4. The molecule has 0 unspecified atom stereocenters. The quantitative estimate of drug-likeness (QED) is 0.179. The Labute approximate surface area is 346 Å². The number of fused-ring (bicyclic) bond motifs is 10. The standard InChI is InChI=1S/C55H36N4O/c1-35-32-45(38-28-30-43-42-23-11-14-26-48(42)58(50(43)33-38)39-19-6-3-7-20-39)54-46(34-60-51-27-15-12-21-40(35)51)52-41-22-9-8-16-36(41)29-31-49(52)59(54)55-56-47-25-13-10-24-44(47)53(57-55)37-17-4-2-5-18-37/h2-33H,1,34H2/b45-32-. The highest BCUT2D eigenvalue weighted by Crippen LogP contribution is 2.44. The highest BCUT2D eigenvalue weighted by molar-refractivity contribution is 6.13. The highest BCUT2D eigenvalue weighted by atomic mass is 16.5. The van der Waals surface area contributed by atoms with Gasteiger partial charge in [-0.25, -0.2) is 9.97 Å². The first kappa shape index (κ1) is 34.1. The summed E-state index contributed by atoms with van der Waals surface area (Å²) in [6.45, 7) is 5.03. The van der Waals surface area contributed by atoms with Gasteiger partial charge in [0.2, 0.25) is 5.95 Å². The number of para-hydroxylation sites is 4. The lowest BCUT2D eigenvalue weighted by molar-refractivity contribution is 0.306. The van der Waals surface area contributed by atoms with E-state index in [1.165, 1.54) is 10.8 Å². The van der Waals surface area contributed by atoms with Crippen molar-refractivity contribution >= 4 is 65.5 Å². The number of hydrogen-bond acceptors (Lipinski definition) is 3. The third kappa shape index (κ3) is 5.26. The van der Waals surface area contributed by atoms with E-state index in [1.54, 1.807) is 0 Å². The molecular weight excluding hydrogens is 733 g/mol. The third-order valence-electron chi connectivity index (χ3n) is 12.0. The van der Waals surface area contributed by atoms with Gasteiger partial charge in [0.25, 0.3) is 0 Å². The van der Waals surface area contributed by atoms with Crippen molar-refractivity contribution in [1.82, 2.24) is 19.1 Å².